The summed E-state index contributed by atoms with van der Waals surface area (Å²) in [5.41, 5.74) is 0.755. The van der Waals surface area contributed by atoms with Gasteiger partial charge in [-0.3, -0.25) is 9.78 Å². The molecule has 0 aliphatic rings. The number of H-pyrrole nitrogens is 2. The van der Waals surface area contributed by atoms with E-state index in [-0.39, 0.29) is 12.5 Å². The highest BCUT2D eigenvalue weighted by Gasteiger charge is 2.12. The van der Waals surface area contributed by atoms with Crippen molar-refractivity contribution in [2.24, 2.45) is 0 Å². The molecule has 2 heterocycles. The van der Waals surface area contributed by atoms with Crippen LogP contribution in [0.25, 0.3) is 11.2 Å². The van der Waals surface area contributed by atoms with E-state index in [1.54, 1.807) is 6.07 Å². The molecule has 2 rings (SSSR count). The molecule has 0 fully saturated rings. The number of fused-ring (bicyclic) bond motifs is 1. The smallest absolute Gasteiger partial charge is 0.325 e. The summed E-state index contributed by atoms with van der Waals surface area (Å²) < 4.78 is 0. The van der Waals surface area contributed by atoms with Gasteiger partial charge in [0, 0.05) is 19.3 Å². The van der Waals surface area contributed by atoms with Gasteiger partial charge in [-0.05, 0) is 18.9 Å². The average Bonchev–Trinajstić information content (AvgIpc) is 2.74. The van der Waals surface area contributed by atoms with Crippen molar-refractivity contribution < 1.29 is 9.90 Å². The fourth-order valence-electron chi connectivity index (χ4n) is 1.66. The first kappa shape index (κ1) is 12.3. The molecule has 0 radical (unpaired) electrons. The topological polar surface area (TPSA) is 111 Å². The van der Waals surface area contributed by atoms with Gasteiger partial charge in [-0.25, -0.2) is 9.78 Å². The maximum atomic E-state index is 11.9. The number of aliphatic hydroxyl groups excluding tert-OH is 1. The van der Waals surface area contributed by atoms with Crippen LogP contribution in [-0.4, -0.2) is 39.1 Å². The number of carbonyl (C=O) groups is 1. The van der Waals surface area contributed by atoms with Crippen LogP contribution >= 0.6 is 0 Å². The van der Waals surface area contributed by atoms with Crippen LogP contribution < -0.4 is 11.0 Å². The number of hydrogen-bond donors (Lipinski definition) is 4. The lowest BCUT2D eigenvalue weighted by atomic mass is 10.2. The summed E-state index contributed by atoms with van der Waals surface area (Å²) in [6.07, 6.45) is 2.82. The van der Waals surface area contributed by atoms with E-state index in [0.717, 1.165) is 0 Å². The van der Waals surface area contributed by atoms with Gasteiger partial charge < -0.3 is 15.4 Å². The van der Waals surface area contributed by atoms with Gasteiger partial charge in [0.15, 0.2) is 5.65 Å². The zero-order valence-corrected chi connectivity index (χ0v) is 9.69. The third-order valence-corrected chi connectivity index (χ3v) is 2.54. The van der Waals surface area contributed by atoms with E-state index in [4.69, 9.17) is 5.11 Å². The van der Waals surface area contributed by atoms with Crippen molar-refractivity contribution in [2.45, 2.75) is 12.8 Å². The van der Waals surface area contributed by atoms with Crippen LogP contribution in [0.1, 0.15) is 23.2 Å². The van der Waals surface area contributed by atoms with Crippen LogP contribution in [-0.2, 0) is 0 Å². The molecule has 96 valence electrons. The molecule has 4 N–H and O–H groups in total. The molecule has 0 saturated carbocycles. The number of amides is 1. The minimum absolute atomic E-state index is 0.112. The monoisotopic (exact) mass is 250 g/mol. The first-order chi connectivity index (χ1) is 8.72. The van der Waals surface area contributed by atoms with Crippen LogP contribution in [0, 0.1) is 0 Å². The maximum Gasteiger partial charge on any atom is 0.325 e. The number of aliphatic hydroxyl groups is 1. The van der Waals surface area contributed by atoms with E-state index in [2.05, 4.69) is 20.3 Å². The summed E-state index contributed by atoms with van der Waals surface area (Å²) in [4.78, 5) is 32.0. The van der Waals surface area contributed by atoms with Crippen molar-refractivity contribution in [3.05, 3.63) is 28.3 Å². The molecule has 0 saturated heterocycles. The predicted molar refractivity (Wildman–Crippen MR) is 65.4 cm³/mol. The number of pyridine rings is 1. The molecule has 7 heteroatoms. The summed E-state index contributed by atoms with van der Waals surface area (Å²) >= 11 is 0. The number of rotatable bonds is 5. The van der Waals surface area contributed by atoms with Crippen LogP contribution in [0.4, 0.5) is 0 Å². The zero-order chi connectivity index (χ0) is 13.0. The Hall–Kier alpha value is -2.15. The number of nitrogens with zero attached hydrogens (tertiary/aromatic N) is 1. The lowest BCUT2D eigenvalue weighted by Gasteiger charge is -2.04. The van der Waals surface area contributed by atoms with E-state index < -0.39 is 5.69 Å². The van der Waals surface area contributed by atoms with Gasteiger partial charge in [-0.1, -0.05) is 0 Å². The molecule has 2 aromatic heterocycles. The Morgan fingerprint density at radius 3 is 3.00 bits per heavy atom. The summed E-state index contributed by atoms with van der Waals surface area (Å²) in [5, 5.41) is 11.3. The van der Waals surface area contributed by atoms with Gasteiger partial charge in [-0.15, -0.1) is 0 Å². The second kappa shape index (κ2) is 5.46. The molecule has 0 aliphatic carbocycles. The minimum Gasteiger partial charge on any atom is -0.396 e. The average molecular weight is 250 g/mol. The lowest BCUT2D eigenvalue weighted by molar-refractivity contribution is 0.0953. The van der Waals surface area contributed by atoms with Gasteiger partial charge in [0.25, 0.3) is 5.91 Å². The fourth-order valence-corrected chi connectivity index (χ4v) is 1.66. The molecule has 2 aromatic rings. The number of unbranched alkanes of at least 4 members (excludes halogenated alkanes) is 1. The van der Waals surface area contributed by atoms with Crippen LogP contribution in [0.3, 0.4) is 0 Å². The second-order valence-corrected chi connectivity index (χ2v) is 3.85. The fraction of sp³-hybridized carbons (Fsp3) is 0.364. The summed E-state index contributed by atoms with van der Waals surface area (Å²) in [6.45, 7) is 0.596. The normalized spacial score (nSPS) is 10.7. The summed E-state index contributed by atoms with van der Waals surface area (Å²) in [5.74, 6) is -0.268. The Kier molecular flexibility index (Phi) is 3.73. The second-order valence-electron chi connectivity index (χ2n) is 3.85. The van der Waals surface area contributed by atoms with Gasteiger partial charge in [0.1, 0.15) is 0 Å². The van der Waals surface area contributed by atoms with Gasteiger partial charge in [0.2, 0.25) is 0 Å². The molecule has 0 aliphatic heterocycles. The largest absolute Gasteiger partial charge is 0.396 e. The van der Waals surface area contributed by atoms with E-state index in [1.807, 2.05) is 0 Å². The lowest BCUT2D eigenvalue weighted by Crippen LogP contribution is -2.25. The molecule has 0 bridgehead atoms. The Morgan fingerprint density at radius 2 is 2.22 bits per heavy atom. The van der Waals surface area contributed by atoms with E-state index in [9.17, 15) is 9.59 Å². The van der Waals surface area contributed by atoms with Crippen molar-refractivity contribution in [1.29, 1.82) is 0 Å². The number of nitrogens with one attached hydrogen (secondary N) is 3. The molecule has 0 aromatic carbocycles. The van der Waals surface area contributed by atoms with Gasteiger partial charge in [-0.2, -0.15) is 0 Å². The number of imidazole rings is 1. The third kappa shape index (κ3) is 2.57. The summed E-state index contributed by atoms with van der Waals surface area (Å²) in [7, 11) is 0. The first-order valence-electron chi connectivity index (χ1n) is 5.68. The van der Waals surface area contributed by atoms with Gasteiger partial charge >= 0.3 is 5.69 Å². The first-order valence-corrected chi connectivity index (χ1v) is 5.68. The van der Waals surface area contributed by atoms with Crippen molar-refractivity contribution in [2.75, 3.05) is 13.2 Å². The highest BCUT2D eigenvalue weighted by molar-refractivity contribution is 6.03. The Morgan fingerprint density at radius 1 is 1.39 bits per heavy atom. The Balaban J connectivity index is 2.15. The van der Waals surface area contributed by atoms with Crippen LogP contribution in [0.5, 0.6) is 0 Å². The summed E-state index contributed by atoms with van der Waals surface area (Å²) in [6, 6.07) is 1.55. The molecule has 18 heavy (non-hydrogen) atoms. The molecule has 0 unspecified atom stereocenters. The Bertz CT molecular complexity index is 602. The molecule has 1 amide bonds. The Labute approximate surface area is 102 Å². The highest BCUT2D eigenvalue weighted by atomic mass is 16.3. The standard InChI is InChI=1S/C11H14N4O3/c16-6-2-1-4-13-10(17)7-3-5-12-9-8(7)14-11(18)15-9/h3,5,16H,1-2,4,6H2,(H,13,17)(H2,12,14,15,18). The third-order valence-electron chi connectivity index (χ3n) is 2.54. The SMILES string of the molecule is O=C(NCCCCO)c1ccnc2[nH]c(=O)[nH]c12. The zero-order valence-electron chi connectivity index (χ0n) is 9.69. The molecular weight excluding hydrogens is 236 g/mol. The molecule has 0 atom stereocenters. The van der Waals surface area contributed by atoms with Gasteiger partial charge in [0.05, 0.1) is 11.1 Å². The highest BCUT2D eigenvalue weighted by Crippen LogP contribution is 2.10. The van der Waals surface area contributed by atoms with Crippen molar-refractivity contribution in [3.8, 4) is 0 Å². The van der Waals surface area contributed by atoms with Crippen molar-refractivity contribution in [3.63, 3.8) is 0 Å². The van der Waals surface area contributed by atoms with Crippen molar-refractivity contribution >= 4 is 17.1 Å². The number of aromatic amines is 2. The van der Waals surface area contributed by atoms with Crippen LogP contribution in [0.2, 0.25) is 0 Å². The number of carbonyl (C=O) groups excluding carboxylic acids is 1. The molecular formula is C11H14N4O3. The maximum absolute atomic E-state index is 11.9. The van der Waals surface area contributed by atoms with E-state index >= 15 is 0 Å². The van der Waals surface area contributed by atoms with E-state index in [0.29, 0.717) is 36.1 Å². The quantitative estimate of drug-likeness (QED) is 0.548. The van der Waals surface area contributed by atoms with Crippen molar-refractivity contribution in [1.82, 2.24) is 20.3 Å². The minimum atomic E-state index is -0.391. The van der Waals surface area contributed by atoms with E-state index in [1.165, 1.54) is 6.20 Å². The number of aromatic nitrogens is 3. The predicted octanol–water partition coefficient (Wildman–Crippen LogP) is -0.247. The number of hydrogen-bond acceptors (Lipinski definition) is 4. The van der Waals surface area contributed by atoms with Crippen LogP contribution in [0.15, 0.2) is 17.1 Å². The molecule has 0 spiro atoms. The molecule has 7 nitrogen and oxygen atoms in total.